The first kappa shape index (κ1) is 26.0. The summed E-state index contributed by atoms with van der Waals surface area (Å²) in [4.78, 5) is 22.4. The summed E-state index contributed by atoms with van der Waals surface area (Å²) < 4.78 is 2.37. The Balaban J connectivity index is 1.12. The molecule has 0 radical (unpaired) electrons. The molecule has 0 unspecified atom stereocenters. The highest BCUT2D eigenvalue weighted by Gasteiger charge is 2.30. The van der Waals surface area contributed by atoms with Crippen molar-refractivity contribution in [2.75, 3.05) is 44.3 Å². The van der Waals surface area contributed by atoms with Crippen molar-refractivity contribution in [1.82, 2.24) is 34.3 Å². The highest BCUT2D eigenvalue weighted by atomic mass is 15.3. The van der Waals surface area contributed by atoms with E-state index in [9.17, 15) is 0 Å². The maximum absolute atomic E-state index is 6.46. The SMILES string of the molecule is Cc1cc(C)c2[nH]c(Nc3ccc(-c4cn([C@H]5CC[C@@H](N6CCN(C)CC6)CC5)c5ncnc(N)c45)cc3)nc2c1. The average molecular weight is 550 g/mol. The maximum atomic E-state index is 6.46. The fourth-order valence-corrected chi connectivity index (χ4v) is 6.89. The molecule has 9 nitrogen and oxygen atoms in total. The van der Waals surface area contributed by atoms with Crippen LogP contribution in [-0.2, 0) is 0 Å². The van der Waals surface area contributed by atoms with Crippen LogP contribution in [-0.4, -0.2) is 73.6 Å². The van der Waals surface area contributed by atoms with Crippen molar-refractivity contribution in [3.63, 3.8) is 0 Å². The van der Waals surface area contributed by atoms with Crippen molar-refractivity contribution in [3.8, 4) is 11.1 Å². The number of nitrogen functional groups attached to an aromatic ring is 1. The Bertz CT molecular complexity index is 1680. The lowest BCUT2D eigenvalue weighted by Gasteiger charge is -2.41. The van der Waals surface area contributed by atoms with Crippen LogP contribution < -0.4 is 11.1 Å². The number of aromatic amines is 1. The molecular formula is C32H39N9. The molecule has 4 N–H and O–H groups in total. The number of aromatic nitrogens is 5. The van der Waals surface area contributed by atoms with E-state index >= 15 is 0 Å². The molecule has 2 aromatic carbocycles. The third kappa shape index (κ3) is 4.93. The first-order chi connectivity index (χ1) is 19.9. The number of nitrogens with two attached hydrogens (primary N) is 1. The lowest BCUT2D eigenvalue weighted by Crippen LogP contribution is -2.49. The van der Waals surface area contributed by atoms with Crippen molar-refractivity contribution in [2.24, 2.45) is 0 Å². The third-order valence-electron chi connectivity index (χ3n) is 9.15. The minimum atomic E-state index is 0.422. The maximum Gasteiger partial charge on any atom is 0.205 e. The number of benzene rings is 2. The molecule has 0 bridgehead atoms. The zero-order valence-corrected chi connectivity index (χ0v) is 24.2. The minimum Gasteiger partial charge on any atom is -0.383 e. The molecule has 1 saturated carbocycles. The van der Waals surface area contributed by atoms with E-state index in [1.807, 2.05) is 0 Å². The summed E-state index contributed by atoms with van der Waals surface area (Å²) in [6.45, 7) is 8.93. The van der Waals surface area contributed by atoms with Crippen molar-refractivity contribution in [2.45, 2.75) is 51.6 Å². The van der Waals surface area contributed by atoms with E-state index in [0.717, 1.165) is 57.7 Å². The van der Waals surface area contributed by atoms with Gasteiger partial charge >= 0.3 is 0 Å². The monoisotopic (exact) mass is 549 g/mol. The molecule has 0 amide bonds. The first-order valence-electron chi connectivity index (χ1n) is 14.8. The fraction of sp³-hybridized carbons (Fsp3) is 0.406. The molecule has 1 saturated heterocycles. The molecule has 212 valence electrons. The molecule has 9 heteroatoms. The summed E-state index contributed by atoms with van der Waals surface area (Å²) in [6, 6.07) is 13.8. The second kappa shape index (κ2) is 10.5. The summed E-state index contributed by atoms with van der Waals surface area (Å²) in [7, 11) is 2.23. The van der Waals surface area contributed by atoms with Gasteiger partial charge in [-0.05, 0) is 81.5 Å². The number of rotatable bonds is 5. The van der Waals surface area contributed by atoms with Crippen molar-refractivity contribution < 1.29 is 0 Å². The summed E-state index contributed by atoms with van der Waals surface area (Å²) >= 11 is 0. The molecule has 0 atom stereocenters. The first-order valence-corrected chi connectivity index (χ1v) is 14.8. The number of hydrogen-bond donors (Lipinski definition) is 3. The van der Waals surface area contributed by atoms with Gasteiger partial charge in [0.1, 0.15) is 17.8 Å². The van der Waals surface area contributed by atoms with Gasteiger partial charge in [0.15, 0.2) is 0 Å². The zero-order chi connectivity index (χ0) is 28.1. The largest absolute Gasteiger partial charge is 0.383 e. The van der Waals surface area contributed by atoms with Crippen molar-refractivity contribution in [1.29, 1.82) is 0 Å². The lowest BCUT2D eigenvalue weighted by atomic mass is 9.89. The van der Waals surface area contributed by atoms with E-state index in [1.54, 1.807) is 6.33 Å². The number of nitrogens with zero attached hydrogens (tertiary/aromatic N) is 6. The van der Waals surface area contributed by atoms with Crippen LogP contribution in [0, 0.1) is 13.8 Å². The third-order valence-corrected chi connectivity index (χ3v) is 9.15. The number of H-pyrrole nitrogens is 1. The number of piperazine rings is 1. The number of likely N-dealkylation sites (N-methyl/N-ethyl adjacent to an activating group) is 1. The van der Waals surface area contributed by atoms with Gasteiger partial charge in [-0.25, -0.2) is 15.0 Å². The Morgan fingerprint density at radius 2 is 1.66 bits per heavy atom. The number of nitrogens with one attached hydrogen (secondary N) is 2. The van der Waals surface area contributed by atoms with Gasteiger partial charge in [0.2, 0.25) is 5.95 Å². The predicted octanol–water partition coefficient (Wildman–Crippen LogP) is 5.65. The topological polar surface area (TPSA) is 104 Å². The highest BCUT2D eigenvalue weighted by Crippen LogP contribution is 2.39. The average Bonchev–Trinajstić information content (AvgIpc) is 3.56. The number of fused-ring (bicyclic) bond motifs is 2. The zero-order valence-electron chi connectivity index (χ0n) is 24.2. The van der Waals surface area contributed by atoms with Crippen LogP contribution in [0.4, 0.5) is 17.5 Å². The molecule has 5 aromatic rings. The summed E-state index contributed by atoms with van der Waals surface area (Å²) in [5.74, 6) is 1.27. The summed E-state index contributed by atoms with van der Waals surface area (Å²) in [5.41, 5.74) is 15.0. The Hall–Kier alpha value is -3.95. The van der Waals surface area contributed by atoms with Gasteiger partial charge in [-0.3, -0.25) is 4.90 Å². The smallest absolute Gasteiger partial charge is 0.205 e. The van der Waals surface area contributed by atoms with E-state index in [-0.39, 0.29) is 0 Å². The standard InChI is InChI=1S/C32H39N9/c1-20-16-21(2)29-27(17-20)37-32(38-29)36-23-6-4-22(5-7-23)26-18-41(31-28(26)30(33)34-19-35-31)25-10-8-24(9-11-25)40-14-12-39(3)13-15-40/h4-7,16-19,24-25H,8-15H2,1-3H3,(H2,33,34,35)(H2,36,37,38)/t24-,25+. The number of imidazole rings is 1. The van der Waals surface area contributed by atoms with Crippen LogP contribution in [0.3, 0.4) is 0 Å². The molecule has 0 spiro atoms. The van der Waals surface area contributed by atoms with E-state index < -0.39 is 0 Å². The van der Waals surface area contributed by atoms with Crippen LogP contribution >= 0.6 is 0 Å². The van der Waals surface area contributed by atoms with E-state index in [4.69, 9.17) is 15.7 Å². The molecule has 1 aliphatic carbocycles. The molecule has 41 heavy (non-hydrogen) atoms. The van der Waals surface area contributed by atoms with Crippen molar-refractivity contribution in [3.05, 3.63) is 60.0 Å². The molecule has 3 aromatic heterocycles. The fourth-order valence-electron chi connectivity index (χ4n) is 6.89. The van der Waals surface area contributed by atoms with E-state index in [1.165, 1.54) is 50.1 Å². The highest BCUT2D eigenvalue weighted by molar-refractivity contribution is 6.00. The molecule has 4 heterocycles. The van der Waals surface area contributed by atoms with Crippen LogP contribution in [0.15, 0.2) is 48.9 Å². The van der Waals surface area contributed by atoms with E-state index in [2.05, 4.69) is 93.1 Å². The molecular weight excluding hydrogens is 510 g/mol. The Morgan fingerprint density at radius 3 is 2.41 bits per heavy atom. The Labute approximate surface area is 240 Å². The van der Waals surface area contributed by atoms with Crippen LogP contribution in [0.25, 0.3) is 33.2 Å². The van der Waals surface area contributed by atoms with Crippen LogP contribution in [0.2, 0.25) is 0 Å². The van der Waals surface area contributed by atoms with Gasteiger partial charge in [-0.15, -0.1) is 0 Å². The second-order valence-corrected chi connectivity index (χ2v) is 12.0. The van der Waals surface area contributed by atoms with Crippen LogP contribution in [0.5, 0.6) is 0 Å². The number of anilines is 3. The van der Waals surface area contributed by atoms with E-state index in [0.29, 0.717) is 17.9 Å². The Kier molecular flexibility index (Phi) is 6.63. The predicted molar refractivity (Wildman–Crippen MR) is 167 cm³/mol. The van der Waals surface area contributed by atoms with Gasteiger partial charge in [0.05, 0.1) is 16.4 Å². The summed E-state index contributed by atoms with van der Waals surface area (Å²) in [5, 5.41) is 4.37. The molecule has 1 aliphatic heterocycles. The number of aryl methyl sites for hydroxylation is 2. The van der Waals surface area contributed by atoms with Gasteiger partial charge in [0, 0.05) is 55.7 Å². The quantitative estimate of drug-likeness (QED) is 0.260. The normalized spacial score (nSPS) is 20.7. The van der Waals surface area contributed by atoms with Gasteiger partial charge in [-0.2, -0.15) is 0 Å². The number of hydrogen-bond acceptors (Lipinski definition) is 7. The van der Waals surface area contributed by atoms with Gasteiger partial charge < -0.3 is 25.5 Å². The van der Waals surface area contributed by atoms with Gasteiger partial charge in [0.25, 0.3) is 0 Å². The van der Waals surface area contributed by atoms with Gasteiger partial charge in [-0.1, -0.05) is 18.2 Å². The minimum absolute atomic E-state index is 0.422. The summed E-state index contributed by atoms with van der Waals surface area (Å²) in [6.07, 6.45) is 8.62. The molecule has 2 fully saturated rings. The Morgan fingerprint density at radius 1 is 0.927 bits per heavy atom. The molecule has 2 aliphatic rings. The van der Waals surface area contributed by atoms with Crippen LogP contribution in [0.1, 0.15) is 42.9 Å². The lowest BCUT2D eigenvalue weighted by molar-refractivity contribution is 0.0828. The second-order valence-electron chi connectivity index (χ2n) is 12.0. The molecule has 7 rings (SSSR count). The van der Waals surface area contributed by atoms with Crippen molar-refractivity contribution >= 4 is 39.5 Å².